The number of anilines is 1. The first-order valence-corrected chi connectivity index (χ1v) is 12.6. The lowest BCUT2D eigenvalue weighted by atomic mass is 9.99. The molecule has 0 bridgehead atoms. The van der Waals surface area contributed by atoms with Gasteiger partial charge in [-0.15, -0.1) is 0 Å². The first kappa shape index (κ1) is 24.5. The third kappa shape index (κ3) is 5.92. The number of pyridine rings is 1. The van der Waals surface area contributed by atoms with Crippen molar-refractivity contribution < 1.29 is 4.79 Å². The maximum atomic E-state index is 12.8. The largest absolute Gasteiger partial charge is 0.325 e. The molecule has 0 radical (unpaired) electrons. The predicted octanol–water partition coefficient (Wildman–Crippen LogP) is 7.54. The summed E-state index contributed by atoms with van der Waals surface area (Å²) in [7, 11) is 0. The second-order valence-corrected chi connectivity index (χ2v) is 9.47. The van der Waals surface area contributed by atoms with Crippen molar-refractivity contribution in [2.45, 2.75) is 25.3 Å². The summed E-state index contributed by atoms with van der Waals surface area (Å²) in [6.45, 7) is 4.09. The standard InChI is InChI=1S/C29H24ClN3OS/c1-3-20-6-4-5-7-26(20)32-28(34)18-35-29-25(17-31)24(21-12-14-23(30)15-13-21)16-27(33-29)22-10-8-19(2)9-11-22/h4-16H,3,18H2,1-2H3,(H,32,34). The maximum absolute atomic E-state index is 12.8. The van der Waals surface area contributed by atoms with Crippen molar-refractivity contribution in [1.29, 1.82) is 5.26 Å². The van der Waals surface area contributed by atoms with E-state index in [1.54, 1.807) is 12.1 Å². The lowest BCUT2D eigenvalue weighted by Crippen LogP contribution is -2.15. The summed E-state index contributed by atoms with van der Waals surface area (Å²) < 4.78 is 0. The van der Waals surface area contributed by atoms with Gasteiger partial charge in [0.1, 0.15) is 11.1 Å². The van der Waals surface area contributed by atoms with E-state index < -0.39 is 0 Å². The third-order valence-corrected chi connectivity index (χ3v) is 6.84. The van der Waals surface area contributed by atoms with E-state index in [-0.39, 0.29) is 11.7 Å². The van der Waals surface area contributed by atoms with Gasteiger partial charge >= 0.3 is 0 Å². The molecule has 1 heterocycles. The van der Waals surface area contributed by atoms with E-state index in [0.717, 1.165) is 45.6 Å². The number of amides is 1. The molecule has 0 atom stereocenters. The van der Waals surface area contributed by atoms with Crippen molar-refractivity contribution in [3.8, 4) is 28.5 Å². The molecule has 0 spiro atoms. The molecule has 35 heavy (non-hydrogen) atoms. The van der Waals surface area contributed by atoms with E-state index >= 15 is 0 Å². The van der Waals surface area contributed by atoms with Crippen LogP contribution in [0.15, 0.2) is 83.9 Å². The van der Waals surface area contributed by atoms with Gasteiger partial charge in [0.15, 0.2) is 0 Å². The molecule has 1 amide bonds. The molecule has 0 aliphatic heterocycles. The number of benzene rings is 3. The molecule has 4 rings (SSSR count). The number of thioether (sulfide) groups is 1. The highest BCUT2D eigenvalue weighted by Gasteiger charge is 2.17. The van der Waals surface area contributed by atoms with E-state index in [1.807, 2.05) is 73.7 Å². The van der Waals surface area contributed by atoms with Crippen LogP contribution >= 0.6 is 23.4 Å². The van der Waals surface area contributed by atoms with Crippen molar-refractivity contribution in [3.63, 3.8) is 0 Å². The van der Waals surface area contributed by atoms with Crippen LogP contribution in [0.5, 0.6) is 0 Å². The Hall–Kier alpha value is -3.59. The Morgan fingerprint density at radius 3 is 2.40 bits per heavy atom. The van der Waals surface area contributed by atoms with Crippen molar-refractivity contribution >= 4 is 35.0 Å². The zero-order valence-electron chi connectivity index (χ0n) is 19.5. The Morgan fingerprint density at radius 2 is 1.71 bits per heavy atom. The van der Waals surface area contributed by atoms with Gasteiger partial charge in [-0.05, 0) is 48.7 Å². The summed E-state index contributed by atoms with van der Waals surface area (Å²) in [5.74, 6) is -0.00713. The normalized spacial score (nSPS) is 10.6. The SMILES string of the molecule is CCc1ccccc1NC(=O)CSc1nc(-c2ccc(C)cc2)cc(-c2ccc(Cl)cc2)c1C#N. The summed E-state index contributed by atoms with van der Waals surface area (Å²) in [6.07, 6.45) is 0.826. The smallest absolute Gasteiger partial charge is 0.234 e. The molecular formula is C29H24ClN3OS. The number of nitrogens with zero attached hydrogens (tertiary/aromatic N) is 2. The van der Waals surface area contributed by atoms with Crippen molar-refractivity contribution in [3.05, 3.63) is 101 Å². The average molecular weight is 498 g/mol. The van der Waals surface area contributed by atoms with Gasteiger partial charge < -0.3 is 5.32 Å². The van der Waals surface area contributed by atoms with Gasteiger partial charge in [-0.25, -0.2) is 4.98 Å². The molecule has 0 saturated heterocycles. The molecule has 4 nitrogen and oxygen atoms in total. The van der Waals surface area contributed by atoms with E-state index in [2.05, 4.69) is 18.3 Å². The minimum Gasteiger partial charge on any atom is -0.325 e. The fourth-order valence-electron chi connectivity index (χ4n) is 3.73. The Balaban J connectivity index is 1.69. The van der Waals surface area contributed by atoms with Crippen molar-refractivity contribution in [2.24, 2.45) is 0 Å². The van der Waals surface area contributed by atoms with Gasteiger partial charge in [0.25, 0.3) is 0 Å². The van der Waals surface area contributed by atoms with Gasteiger partial charge in [0.2, 0.25) is 5.91 Å². The summed E-state index contributed by atoms with van der Waals surface area (Å²) in [6, 6.07) is 27.5. The zero-order chi connectivity index (χ0) is 24.8. The molecule has 1 N–H and O–H groups in total. The summed E-state index contributed by atoms with van der Waals surface area (Å²) in [5.41, 5.74) is 6.79. The molecule has 3 aromatic carbocycles. The highest BCUT2D eigenvalue weighted by atomic mass is 35.5. The molecule has 0 aliphatic rings. The number of rotatable bonds is 7. The van der Waals surface area contributed by atoms with Crippen LogP contribution in [-0.2, 0) is 11.2 Å². The fourth-order valence-corrected chi connectivity index (χ4v) is 4.66. The molecule has 6 heteroatoms. The Bertz CT molecular complexity index is 1390. The topological polar surface area (TPSA) is 65.8 Å². The molecule has 0 unspecified atom stereocenters. The van der Waals surface area contributed by atoms with Crippen LogP contribution in [-0.4, -0.2) is 16.6 Å². The zero-order valence-corrected chi connectivity index (χ0v) is 21.1. The molecule has 0 aliphatic carbocycles. The number of nitriles is 1. The van der Waals surface area contributed by atoms with Crippen molar-refractivity contribution in [2.75, 3.05) is 11.1 Å². The average Bonchev–Trinajstić information content (AvgIpc) is 2.88. The number of carbonyl (C=O) groups excluding carboxylic acids is 1. The highest BCUT2D eigenvalue weighted by Crippen LogP contribution is 2.35. The first-order valence-electron chi connectivity index (χ1n) is 11.3. The molecule has 0 fully saturated rings. The molecule has 0 saturated carbocycles. The van der Waals surface area contributed by atoms with Gasteiger partial charge in [-0.1, -0.05) is 90.4 Å². The number of para-hydroxylation sites is 1. The molecular weight excluding hydrogens is 474 g/mol. The van der Waals surface area contributed by atoms with Crippen molar-refractivity contribution in [1.82, 2.24) is 4.98 Å². The van der Waals surface area contributed by atoms with Crippen LogP contribution in [0.4, 0.5) is 5.69 Å². The summed E-state index contributed by atoms with van der Waals surface area (Å²) in [5, 5.41) is 14.2. The quantitative estimate of drug-likeness (QED) is 0.268. The summed E-state index contributed by atoms with van der Waals surface area (Å²) in [4.78, 5) is 17.6. The highest BCUT2D eigenvalue weighted by molar-refractivity contribution is 8.00. The van der Waals surface area contributed by atoms with E-state index in [0.29, 0.717) is 15.6 Å². The predicted molar refractivity (Wildman–Crippen MR) is 145 cm³/mol. The number of nitrogens with one attached hydrogen (secondary N) is 1. The number of hydrogen-bond donors (Lipinski definition) is 1. The number of carbonyl (C=O) groups is 1. The van der Waals surface area contributed by atoms with Gasteiger partial charge in [-0.2, -0.15) is 5.26 Å². The molecule has 1 aromatic heterocycles. The first-order chi connectivity index (χ1) is 17.0. The monoisotopic (exact) mass is 497 g/mol. The van der Waals surface area contributed by atoms with Gasteiger partial charge in [0.05, 0.1) is 17.0 Å². The second-order valence-electron chi connectivity index (χ2n) is 8.07. The van der Waals surface area contributed by atoms with Crippen LogP contribution in [0.1, 0.15) is 23.6 Å². The maximum Gasteiger partial charge on any atom is 0.234 e. The molecule has 4 aromatic rings. The van der Waals surface area contributed by atoms with E-state index in [9.17, 15) is 10.1 Å². The van der Waals surface area contributed by atoms with E-state index in [1.165, 1.54) is 11.8 Å². The van der Waals surface area contributed by atoms with Crippen LogP contribution in [0.3, 0.4) is 0 Å². The van der Waals surface area contributed by atoms with Gasteiger partial charge in [0, 0.05) is 21.8 Å². The Kier molecular flexibility index (Phi) is 7.87. The van der Waals surface area contributed by atoms with Gasteiger partial charge in [-0.3, -0.25) is 4.79 Å². The number of hydrogen-bond acceptors (Lipinski definition) is 4. The van der Waals surface area contributed by atoms with Crippen LogP contribution < -0.4 is 5.32 Å². The number of aromatic nitrogens is 1. The van der Waals surface area contributed by atoms with Crippen LogP contribution in [0.2, 0.25) is 5.02 Å². The number of halogens is 1. The minimum atomic E-state index is -0.143. The molecule has 174 valence electrons. The summed E-state index contributed by atoms with van der Waals surface area (Å²) >= 11 is 7.36. The number of aryl methyl sites for hydroxylation is 2. The lowest BCUT2D eigenvalue weighted by Gasteiger charge is -2.13. The van der Waals surface area contributed by atoms with Crippen LogP contribution in [0, 0.1) is 18.3 Å². The lowest BCUT2D eigenvalue weighted by molar-refractivity contribution is -0.113. The third-order valence-electron chi connectivity index (χ3n) is 5.61. The van der Waals surface area contributed by atoms with E-state index in [4.69, 9.17) is 16.6 Å². The minimum absolute atomic E-state index is 0.136. The second kappa shape index (κ2) is 11.2. The Morgan fingerprint density at radius 1 is 1.03 bits per heavy atom. The fraction of sp³-hybridized carbons (Fsp3) is 0.138. The Labute approximate surface area is 215 Å². The van der Waals surface area contributed by atoms with Crippen LogP contribution in [0.25, 0.3) is 22.4 Å².